The molecule has 0 bridgehead atoms. The summed E-state index contributed by atoms with van der Waals surface area (Å²) in [4.78, 5) is 4.15. The van der Waals surface area contributed by atoms with Gasteiger partial charge in [0.1, 0.15) is 5.82 Å². The molecule has 1 saturated carbocycles. The van der Waals surface area contributed by atoms with Crippen molar-refractivity contribution in [3.63, 3.8) is 0 Å². The molecule has 78 valence electrons. The number of hydrogen-bond donors (Lipinski definition) is 1. The zero-order valence-corrected chi connectivity index (χ0v) is 8.74. The lowest BCUT2D eigenvalue weighted by molar-refractivity contribution is 0.397. The summed E-state index contributed by atoms with van der Waals surface area (Å²) in [6.07, 6.45) is 7.79. The van der Waals surface area contributed by atoms with Crippen molar-refractivity contribution in [2.75, 3.05) is 5.73 Å². The van der Waals surface area contributed by atoms with Gasteiger partial charge in [0.25, 0.3) is 0 Å². The fourth-order valence-corrected chi connectivity index (χ4v) is 2.27. The minimum Gasteiger partial charge on any atom is -0.366 e. The molecule has 0 amide bonds. The molecule has 4 heteroatoms. The number of nitrogens with zero attached hydrogens (tertiary/aromatic N) is 3. The van der Waals surface area contributed by atoms with Gasteiger partial charge >= 0.3 is 0 Å². The first kappa shape index (κ1) is 9.49. The van der Waals surface area contributed by atoms with Gasteiger partial charge in [-0.3, -0.25) is 0 Å². The predicted octanol–water partition coefficient (Wildman–Crippen LogP) is 2.06. The minimum atomic E-state index is 0.409. The molecule has 0 radical (unpaired) electrons. The van der Waals surface area contributed by atoms with Crippen molar-refractivity contribution in [1.29, 1.82) is 0 Å². The molecule has 2 N–H and O–H groups in total. The molecule has 0 aromatic carbocycles. The Morgan fingerprint density at radius 3 is 2.36 bits per heavy atom. The number of aryl methyl sites for hydroxylation is 1. The van der Waals surface area contributed by atoms with Crippen LogP contribution in [-0.4, -0.2) is 14.8 Å². The SMILES string of the molecule is Cc1nc(N)nn1C1CCCCCC1. The van der Waals surface area contributed by atoms with Crippen molar-refractivity contribution >= 4 is 5.95 Å². The van der Waals surface area contributed by atoms with Gasteiger partial charge in [0.15, 0.2) is 0 Å². The normalized spacial score (nSPS) is 19.5. The third-order valence-corrected chi connectivity index (χ3v) is 2.99. The summed E-state index contributed by atoms with van der Waals surface area (Å²) >= 11 is 0. The van der Waals surface area contributed by atoms with Crippen molar-refractivity contribution in [2.45, 2.75) is 51.5 Å². The summed E-state index contributed by atoms with van der Waals surface area (Å²) in [5.41, 5.74) is 5.58. The Balaban J connectivity index is 2.15. The van der Waals surface area contributed by atoms with Crippen LogP contribution in [0, 0.1) is 6.92 Å². The van der Waals surface area contributed by atoms with Crippen molar-refractivity contribution in [3.8, 4) is 0 Å². The fraction of sp³-hybridized carbons (Fsp3) is 0.800. The number of nitrogens with two attached hydrogens (primary N) is 1. The zero-order chi connectivity index (χ0) is 9.97. The van der Waals surface area contributed by atoms with Crippen LogP contribution in [0.15, 0.2) is 0 Å². The van der Waals surface area contributed by atoms with E-state index in [1.165, 1.54) is 38.5 Å². The van der Waals surface area contributed by atoms with E-state index in [-0.39, 0.29) is 0 Å². The molecule has 1 aliphatic carbocycles. The van der Waals surface area contributed by atoms with Crippen LogP contribution in [0.5, 0.6) is 0 Å². The van der Waals surface area contributed by atoms with Crippen LogP contribution in [0.4, 0.5) is 5.95 Å². The largest absolute Gasteiger partial charge is 0.366 e. The summed E-state index contributed by atoms with van der Waals surface area (Å²) in [6.45, 7) is 1.98. The third kappa shape index (κ3) is 1.89. The second-order valence-corrected chi connectivity index (χ2v) is 4.11. The molecular formula is C10H18N4. The van der Waals surface area contributed by atoms with Crippen molar-refractivity contribution in [2.24, 2.45) is 0 Å². The van der Waals surface area contributed by atoms with Gasteiger partial charge in [-0.05, 0) is 19.8 Å². The van der Waals surface area contributed by atoms with E-state index in [1.54, 1.807) is 0 Å². The van der Waals surface area contributed by atoms with Crippen LogP contribution in [0.1, 0.15) is 50.4 Å². The number of nitrogen functional groups attached to an aromatic ring is 1. The maximum absolute atomic E-state index is 5.58. The van der Waals surface area contributed by atoms with Crippen molar-refractivity contribution < 1.29 is 0 Å². The van der Waals surface area contributed by atoms with E-state index < -0.39 is 0 Å². The first-order valence-corrected chi connectivity index (χ1v) is 5.46. The lowest BCUT2D eigenvalue weighted by atomic mass is 10.1. The molecule has 1 aliphatic rings. The topological polar surface area (TPSA) is 56.7 Å². The zero-order valence-electron chi connectivity index (χ0n) is 8.74. The van der Waals surface area contributed by atoms with Gasteiger partial charge in [-0.2, -0.15) is 4.98 Å². The van der Waals surface area contributed by atoms with Gasteiger partial charge in [0.2, 0.25) is 5.95 Å². The quantitative estimate of drug-likeness (QED) is 0.696. The minimum absolute atomic E-state index is 0.409. The molecule has 1 aromatic heterocycles. The monoisotopic (exact) mass is 194 g/mol. The number of hydrogen-bond acceptors (Lipinski definition) is 3. The highest BCUT2D eigenvalue weighted by Gasteiger charge is 2.17. The molecule has 0 unspecified atom stereocenters. The van der Waals surface area contributed by atoms with Gasteiger partial charge in [-0.1, -0.05) is 25.7 Å². The molecular weight excluding hydrogens is 176 g/mol. The van der Waals surface area contributed by atoms with Crippen LogP contribution < -0.4 is 5.73 Å². The van der Waals surface area contributed by atoms with Crippen LogP contribution in [0.3, 0.4) is 0 Å². The van der Waals surface area contributed by atoms with Crippen molar-refractivity contribution in [3.05, 3.63) is 5.82 Å². The Morgan fingerprint density at radius 1 is 1.21 bits per heavy atom. The number of anilines is 1. The highest BCUT2D eigenvalue weighted by molar-refractivity contribution is 5.13. The first-order valence-electron chi connectivity index (χ1n) is 5.46. The highest BCUT2D eigenvalue weighted by atomic mass is 15.4. The second kappa shape index (κ2) is 3.98. The summed E-state index contributed by atoms with van der Waals surface area (Å²) < 4.78 is 2.01. The predicted molar refractivity (Wildman–Crippen MR) is 55.9 cm³/mol. The highest BCUT2D eigenvalue weighted by Crippen LogP contribution is 2.27. The fourth-order valence-electron chi connectivity index (χ4n) is 2.27. The summed E-state index contributed by atoms with van der Waals surface area (Å²) in [5.74, 6) is 1.36. The molecule has 2 rings (SSSR count). The van der Waals surface area contributed by atoms with E-state index in [9.17, 15) is 0 Å². The molecule has 1 heterocycles. The molecule has 14 heavy (non-hydrogen) atoms. The van der Waals surface area contributed by atoms with Crippen LogP contribution in [0.2, 0.25) is 0 Å². The Labute approximate surface area is 84.5 Å². The Hall–Kier alpha value is -1.06. The average Bonchev–Trinajstić information content (AvgIpc) is 2.43. The lowest BCUT2D eigenvalue weighted by Gasteiger charge is -2.15. The van der Waals surface area contributed by atoms with E-state index in [2.05, 4.69) is 10.1 Å². The molecule has 0 aliphatic heterocycles. The van der Waals surface area contributed by atoms with E-state index in [0.717, 1.165) is 5.82 Å². The van der Waals surface area contributed by atoms with Crippen molar-refractivity contribution in [1.82, 2.24) is 14.8 Å². The molecule has 0 atom stereocenters. The Kier molecular flexibility index (Phi) is 2.70. The summed E-state index contributed by atoms with van der Waals surface area (Å²) in [7, 11) is 0. The van der Waals surface area contributed by atoms with Crippen LogP contribution in [0.25, 0.3) is 0 Å². The summed E-state index contributed by atoms with van der Waals surface area (Å²) in [6, 6.07) is 0.530. The van der Waals surface area contributed by atoms with E-state index in [4.69, 9.17) is 5.73 Å². The standard InChI is InChI=1S/C10H18N4/c1-8-12-10(11)13-14(8)9-6-4-2-3-5-7-9/h9H,2-7H2,1H3,(H2,11,13). The van der Waals surface area contributed by atoms with E-state index >= 15 is 0 Å². The summed E-state index contributed by atoms with van der Waals surface area (Å²) in [5, 5.41) is 4.26. The lowest BCUT2D eigenvalue weighted by Crippen LogP contribution is -2.11. The van der Waals surface area contributed by atoms with Crippen LogP contribution >= 0.6 is 0 Å². The molecule has 4 nitrogen and oxygen atoms in total. The van der Waals surface area contributed by atoms with Gasteiger partial charge < -0.3 is 5.73 Å². The van der Waals surface area contributed by atoms with Gasteiger partial charge in [0, 0.05) is 0 Å². The average molecular weight is 194 g/mol. The molecule has 0 spiro atoms. The van der Waals surface area contributed by atoms with E-state index in [0.29, 0.717) is 12.0 Å². The molecule has 1 aromatic rings. The Bertz CT molecular complexity index is 297. The molecule has 0 saturated heterocycles. The maximum atomic E-state index is 5.58. The first-order chi connectivity index (χ1) is 6.77. The van der Waals surface area contributed by atoms with Gasteiger partial charge in [0.05, 0.1) is 6.04 Å². The third-order valence-electron chi connectivity index (χ3n) is 2.99. The Morgan fingerprint density at radius 2 is 1.86 bits per heavy atom. The van der Waals surface area contributed by atoms with Gasteiger partial charge in [-0.15, -0.1) is 5.10 Å². The smallest absolute Gasteiger partial charge is 0.239 e. The number of rotatable bonds is 1. The maximum Gasteiger partial charge on any atom is 0.239 e. The number of aromatic nitrogens is 3. The second-order valence-electron chi connectivity index (χ2n) is 4.11. The molecule has 1 fully saturated rings. The van der Waals surface area contributed by atoms with E-state index in [1.807, 2.05) is 11.6 Å². The van der Waals surface area contributed by atoms with Crippen LogP contribution in [-0.2, 0) is 0 Å². The van der Waals surface area contributed by atoms with Gasteiger partial charge in [-0.25, -0.2) is 4.68 Å².